The highest BCUT2D eigenvalue weighted by molar-refractivity contribution is 9.09. The molecule has 1 heterocycles. The van der Waals surface area contributed by atoms with Gasteiger partial charge in [0.1, 0.15) is 0 Å². The van der Waals surface area contributed by atoms with Crippen LogP contribution in [0.1, 0.15) is 44.9 Å². The van der Waals surface area contributed by atoms with Gasteiger partial charge in [0.2, 0.25) is 0 Å². The third kappa shape index (κ3) is 2.69. The molecule has 0 N–H and O–H groups in total. The van der Waals surface area contributed by atoms with Crippen LogP contribution in [0.5, 0.6) is 0 Å². The molecule has 2 unspecified atom stereocenters. The first-order chi connectivity index (χ1) is 6.38. The quantitative estimate of drug-likeness (QED) is 0.693. The molecule has 0 spiro atoms. The highest BCUT2D eigenvalue weighted by Gasteiger charge is 2.27. The van der Waals surface area contributed by atoms with Crippen LogP contribution in [0, 0.1) is 5.92 Å². The maximum atomic E-state index is 5.93. The van der Waals surface area contributed by atoms with E-state index in [1.165, 1.54) is 44.9 Å². The Morgan fingerprint density at radius 3 is 2.31 bits per heavy atom. The van der Waals surface area contributed by atoms with E-state index in [9.17, 15) is 0 Å². The Morgan fingerprint density at radius 1 is 1.00 bits per heavy atom. The summed E-state index contributed by atoms with van der Waals surface area (Å²) in [6.45, 7) is 0. The Balaban J connectivity index is 1.70. The van der Waals surface area contributed by atoms with Gasteiger partial charge >= 0.3 is 0 Å². The minimum atomic E-state index is 0.506. The second-order valence-electron chi connectivity index (χ2n) is 4.50. The van der Waals surface area contributed by atoms with Crippen molar-refractivity contribution in [3.05, 3.63) is 0 Å². The Labute approximate surface area is 89.4 Å². The highest BCUT2D eigenvalue weighted by atomic mass is 79.9. The molecule has 2 heteroatoms. The highest BCUT2D eigenvalue weighted by Crippen LogP contribution is 2.33. The van der Waals surface area contributed by atoms with Crippen molar-refractivity contribution in [3.63, 3.8) is 0 Å². The maximum Gasteiger partial charge on any atom is 0.0676 e. The molecule has 1 aliphatic heterocycles. The van der Waals surface area contributed by atoms with E-state index in [-0.39, 0.29) is 0 Å². The SMILES string of the molecule is BrCC1CCC(CC2CCCC2)O1. The molecule has 0 amide bonds. The predicted octanol–water partition coefficient (Wildman–Crippen LogP) is 3.51. The normalized spacial score (nSPS) is 35.8. The fourth-order valence-electron chi connectivity index (χ4n) is 2.68. The summed E-state index contributed by atoms with van der Waals surface area (Å²) in [7, 11) is 0. The van der Waals surface area contributed by atoms with Crippen LogP contribution in [-0.4, -0.2) is 17.5 Å². The summed E-state index contributed by atoms with van der Waals surface area (Å²) in [4.78, 5) is 0. The minimum absolute atomic E-state index is 0.506. The minimum Gasteiger partial charge on any atom is -0.374 e. The van der Waals surface area contributed by atoms with Crippen molar-refractivity contribution < 1.29 is 4.74 Å². The van der Waals surface area contributed by atoms with Crippen molar-refractivity contribution in [2.45, 2.75) is 57.2 Å². The zero-order chi connectivity index (χ0) is 9.10. The monoisotopic (exact) mass is 246 g/mol. The number of hydrogen-bond donors (Lipinski definition) is 0. The van der Waals surface area contributed by atoms with Crippen LogP contribution in [0.15, 0.2) is 0 Å². The molecule has 0 radical (unpaired) electrons. The van der Waals surface area contributed by atoms with Crippen LogP contribution in [-0.2, 0) is 4.74 Å². The summed E-state index contributed by atoms with van der Waals surface area (Å²) in [5.74, 6) is 0.985. The summed E-state index contributed by atoms with van der Waals surface area (Å²) in [6.07, 6.45) is 10.8. The third-order valence-corrected chi connectivity index (χ3v) is 4.16. The summed E-state index contributed by atoms with van der Waals surface area (Å²) in [5.41, 5.74) is 0. The number of halogens is 1. The standard InChI is InChI=1S/C11H19BrO/c12-8-11-6-5-10(13-11)7-9-3-1-2-4-9/h9-11H,1-8H2. The Morgan fingerprint density at radius 2 is 1.69 bits per heavy atom. The van der Waals surface area contributed by atoms with Crippen LogP contribution in [0.3, 0.4) is 0 Å². The lowest BCUT2D eigenvalue weighted by atomic mass is 9.98. The lowest BCUT2D eigenvalue weighted by Gasteiger charge is -2.15. The summed E-state index contributed by atoms with van der Waals surface area (Å²) < 4.78 is 5.93. The Hall–Kier alpha value is 0.440. The fraction of sp³-hybridized carbons (Fsp3) is 1.00. The molecule has 76 valence electrons. The molecular weight excluding hydrogens is 228 g/mol. The zero-order valence-electron chi connectivity index (χ0n) is 8.18. The number of hydrogen-bond acceptors (Lipinski definition) is 1. The first kappa shape index (κ1) is 9.97. The molecule has 2 rings (SSSR count). The first-order valence-electron chi connectivity index (χ1n) is 5.60. The molecule has 2 aliphatic rings. The molecule has 1 saturated heterocycles. The van der Waals surface area contributed by atoms with E-state index in [0.717, 1.165) is 11.2 Å². The van der Waals surface area contributed by atoms with Gasteiger partial charge in [0, 0.05) is 5.33 Å². The van der Waals surface area contributed by atoms with Gasteiger partial charge in [-0.25, -0.2) is 0 Å². The Bertz CT molecular complexity index is 154. The van der Waals surface area contributed by atoms with E-state index >= 15 is 0 Å². The van der Waals surface area contributed by atoms with Gasteiger partial charge in [-0.1, -0.05) is 41.6 Å². The van der Waals surface area contributed by atoms with Gasteiger partial charge in [0.05, 0.1) is 12.2 Å². The molecule has 1 nitrogen and oxygen atoms in total. The van der Waals surface area contributed by atoms with E-state index in [0.29, 0.717) is 12.2 Å². The van der Waals surface area contributed by atoms with Crippen LogP contribution in [0.2, 0.25) is 0 Å². The molecule has 0 aromatic heterocycles. The molecule has 1 saturated carbocycles. The van der Waals surface area contributed by atoms with Crippen LogP contribution < -0.4 is 0 Å². The average Bonchev–Trinajstić information content (AvgIpc) is 2.76. The molecular formula is C11H19BrO. The summed E-state index contributed by atoms with van der Waals surface area (Å²) in [6, 6.07) is 0. The molecule has 2 fully saturated rings. The molecule has 13 heavy (non-hydrogen) atoms. The average molecular weight is 247 g/mol. The zero-order valence-corrected chi connectivity index (χ0v) is 9.76. The van der Waals surface area contributed by atoms with Crippen LogP contribution in [0.4, 0.5) is 0 Å². The predicted molar refractivity (Wildman–Crippen MR) is 58.3 cm³/mol. The molecule has 1 aliphatic carbocycles. The van der Waals surface area contributed by atoms with E-state index < -0.39 is 0 Å². The molecule has 2 atom stereocenters. The van der Waals surface area contributed by atoms with Crippen molar-refractivity contribution in [1.82, 2.24) is 0 Å². The fourth-order valence-corrected chi connectivity index (χ4v) is 3.16. The van der Waals surface area contributed by atoms with Crippen LogP contribution >= 0.6 is 15.9 Å². The van der Waals surface area contributed by atoms with E-state index in [1.54, 1.807) is 0 Å². The van der Waals surface area contributed by atoms with Gasteiger partial charge in [0.25, 0.3) is 0 Å². The van der Waals surface area contributed by atoms with Gasteiger partial charge in [-0.15, -0.1) is 0 Å². The van der Waals surface area contributed by atoms with Crippen molar-refractivity contribution in [1.29, 1.82) is 0 Å². The van der Waals surface area contributed by atoms with Crippen LogP contribution in [0.25, 0.3) is 0 Å². The smallest absolute Gasteiger partial charge is 0.0676 e. The maximum absolute atomic E-state index is 5.93. The van der Waals surface area contributed by atoms with Gasteiger partial charge in [0.15, 0.2) is 0 Å². The number of ether oxygens (including phenoxy) is 1. The van der Waals surface area contributed by atoms with E-state index in [4.69, 9.17) is 4.74 Å². The van der Waals surface area contributed by atoms with Gasteiger partial charge in [-0.3, -0.25) is 0 Å². The van der Waals surface area contributed by atoms with Crippen molar-refractivity contribution in [2.75, 3.05) is 5.33 Å². The lowest BCUT2D eigenvalue weighted by Crippen LogP contribution is -2.14. The van der Waals surface area contributed by atoms with Crippen molar-refractivity contribution >= 4 is 15.9 Å². The number of alkyl halides is 1. The molecule has 0 aromatic carbocycles. The van der Waals surface area contributed by atoms with Gasteiger partial charge < -0.3 is 4.74 Å². The summed E-state index contributed by atoms with van der Waals surface area (Å²) >= 11 is 3.49. The van der Waals surface area contributed by atoms with Gasteiger partial charge in [-0.05, 0) is 25.2 Å². The molecule has 0 aromatic rings. The number of rotatable bonds is 3. The third-order valence-electron chi connectivity index (χ3n) is 3.44. The van der Waals surface area contributed by atoms with Crippen molar-refractivity contribution in [3.8, 4) is 0 Å². The lowest BCUT2D eigenvalue weighted by molar-refractivity contribution is 0.0443. The Kier molecular flexibility index (Phi) is 3.67. The first-order valence-corrected chi connectivity index (χ1v) is 6.72. The largest absolute Gasteiger partial charge is 0.374 e. The topological polar surface area (TPSA) is 9.23 Å². The molecule has 0 bridgehead atoms. The second kappa shape index (κ2) is 4.79. The summed E-state index contributed by atoms with van der Waals surface area (Å²) in [5, 5.41) is 1.02. The van der Waals surface area contributed by atoms with E-state index in [2.05, 4.69) is 15.9 Å². The van der Waals surface area contributed by atoms with Crippen molar-refractivity contribution in [2.24, 2.45) is 5.92 Å². The van der Waals surface area contributed by atoms with Gasteiger partial charge in [-0.2, -0.15) is 0 Å². The second-order valence-corrected chi connectivity index (χ2v) is 5.15. The van der Waals surface area contributed by atoms with E-state index in [1.807, 2.05) is 0 Å².